The molecule has 0 aliphatic rings. The summed E-state index contributed by atoms with van der Waals surface area (Å²) in [5.41, 5.74) is 0. The molecule has 0 amide bonds. The molecule has 0 aliphatic carbocycles. The summed E-state index contributed by atoms with van der Waals surface area (Å²) >= 11 is 10.6. The minimum atomic E-state index is -0.307. The number of alkyl halides is 1. The van der Waals surface area contributed by atoms with E-state index in [2.05, 4.69) is 4.29 Å². The minimum Gasteiger partial charge on any atom is -0.347 e. The van der Waals surface area contributed by atoms with Crippen LogP contribution < -0.4 is 0 Å². The highest BCUT2D eigenvalue weighted by molar-refractivity contribution is 6.17. The van der Waals surface area contributed by atoms with Gasteiger partial charge in [0, 0.05) is 5.88 Å². The van der Waals surface area contributed by atoms with E-state index in [0.29, 0.717) is 5.88 Å². The molecule has 0 bridgehead atoms. The summed E-state index contributed by atoms with van der Waals surface area (Å²) in [6.07, 6.45) is 4.54. The molecule has 0 radical (unpaired) electrons. The molecular formula is C9H16Cl2O2. The molecule has 0 saturated heterocycles. The van der Waals surface area contributed by atoms with E-state index in [9.17, 15) is 4.79 Å². The third-order valence-corrected chi connectivity index (χ3v) is 2.40. The lowest BCUT2D eigenvalue weighted by molar-refractivity contribution is -0.139. The normalized spacial score (nSPS) is 12.5. The second kappa shape index (κ2) is 8.64. The van der Waals surface area contributed by atoms with Crippen molar-refractivity contribution in [3.63, 3.8) is 0 Å². The van der Waals surface area contributed by atoms with Gasteiger partial charge >= 0.3 is 5.97 Å². The Morgan fingerprint density at radius 1 is 1.38 bits per heavy atom. The predicted molar refractivity (Wildman–Crippen MR) is 54.9 cm³/mol. The Morgan fingerprint density at radius 3 is 2.54 bits per heavy atom. The van der Waals surface area contributed by atoms with Gasteiger partial charge in [-0.1, -0.05) is 19.8 Å². The lowest BCUT2D eigenvalue weighted by atomic mass is 9.97. The van der Waals surface area contributed by atoms with E-state index in [-0.39, 0.29) is 11.9 Å². The summed E-state index contributed by atoms with van der Waals surface area (Å²) in [5, 5.41) is 0. The Bertz CT molecular complexity index is 140. The van der Waals surface area contributed by atoms with Crippen molar-refractivity contribution in [2.75, 3.05) is 5.88 Å². The van der Waals surface area contributed by atoms with E-state index in [4.69, 9.17) is 23.5 Å². The molecule has 4 heteroatoms. The first-order valence-electron chi connectivity index (χ1n) is 4.64. The van der Waals surface area contributed by atoms with Crippen molar-refractivity contribution in [2.45, 2.75) is 39.0 Å². The number of halogens is 2. The van der Waals surface area contributed by atoms with Crippen LogP contribution >= 0.6 is 23.5 Å². The van der Waals surface area contributed by atoms with E-state index in [1.54, 1.807) is 0 Å². The van der Waals surface area contributed by atoms with Gasteiger partial charge < -0.3 is 4.29 Å². The van der Waals surface area contributed by atoms with Crippen LogP contribution in [-0.2, 0) is 9.08 Å². The summed E-state index contributed by atoms with van der Waals surface area (Å²) < 4.78 is 4.20. The zero-order valence-corrected chi connectivity index (χ0v) is 9.40. The molecule has 1 unspecified atom stereocenters. The molecule has 0 N–H and O–H groups in total. The number of hydrogen-bond acceptors (Lipinski definition) is 2. The summed E-state index contributed by atoms with van der Waals surface area (Å²) in [7, 11) is 0. The average Bonchev–Trinajstić information content (AvgIpc) is 2.16. The molecule has 0 rings (SSSR count). The van der Waals surface area contributed by atoms with Gasteiger partial charge in [-0.2, -0.15) is 0 Å². The van der Waals surface area contributed by atoms with Crippen LogP contribution in [0.15, 0.2) is 0 Å². The zero-order valence-electron chi connectivity index (χ0n) is 7.89. The number of rotatable bonds is 7. The van der Waals surface area contributed by atoms with Crippen LogP contribution in [0.1, 0.15) is 39.0 Å². The van der Waals surface area contributed by atoms with Crippen molar-refractivity contribution in [3.05, 3.63) is 0 Å². The van der Waals surface area contributed by atoms with Gasteiger partial charge in [0.15, 0.2) is 0 Å². The van der Waals surface area contributed by atoms with Crippen molar-refractivity contribution >= 4 is 29.4 Å². The molecule has 1 atom stereocenters. The first-order valence-corrected chi connectivity index (χ1v) is 5.49. The molecule has 0 aliphatic heterocycles. The molecule has 0 aromatic carbocycles. The molecule has 0 aromatic rings. The topological polar surface area (TPSA) is 26.3 Å². The number of carbonyl (C=O) groups is 1. The Hall–Kier alpha value is 0.0500. The molecule has 0 aromatic heterocycles. The molecule has 2 nitrogen and oxygen atoms in total. The Morgan fingerprint density at radius 2 is 2.08 bits per heavy atom. The van der Waals surface area contributed by atoms with E-state index < -0.39 is 0 Å². The van der Waals surface area contributed by atoms with E-state index >= 15 is 0 Å². The first kappa shape index (κ1) is 13.1. The predicted octanol–water partition coefficient (Wildman–Crippen LogP) is 3.51. The van der Waals surface area contributed by atoms with Crippen molar-refractivity contribution in [1.82, 2.24) is 0 Å². The van der Waals surface area contributed by atoms with Crippen LogP contribution in [0.5, 0.6) is 0 Å². The SMILES string of the molecule is CCCC(CCCCCl)C(=O)OCl. The lowest BCUT2D eigenvalue weighted by Crippen LogP contribution is -2.14. The van der Waals surface area contributed by atoms with Crippen LogP contribution in [0.4, 0.5) is 0 Å². The molecule has 0 heterocycles. The molecule has 0 spiro atoms. The van der Waals surface area contributed by atoms with E-state index in [0.717, 1.165) is 32.1 Å². The van der Waals surface area contributed by atoms with Gasteiger partial charge in [0.25, 0.3) is 0 Å². The number of carbonyl (C=O) groups excluding carboxylic acids is 1. The van der Waals surface area contributed by atoms with Crippen molar-refractivity contribution in [2.24, 2.45) is 5.92 Å². The van der Waals surface area contributed by atoms with Gasteiger partial charge in [-0.15, -0.1) is 11.6 Å². The highest BCUT2D eigenvalue weighted by atomic mass is 35.5. The number of unbranched alkanes of at least 4 members (excludes halogenated alkanes) is 1. The highest BCUT2D eigenvalue weighted by Gasteiger charge is 2.18. The third kappa shape index (κ3) is 6.17. The second-order valence-electron chi connectivity index (χ2n) is 3.07. The summed E-state index contributed by atoms with van der Waals surface area (Å²) in [6.45, 7) is 2.04. The standard InChI is InChI=1S/C9H16Cl2O2/c1-2-5-8(9(12)13-11)6-3-4-7-10/h8H,2-7H2,1H3. The third-order valence-electron chi connectivity index (χ3n) is 1.98. The fourth-order valence-corrected chi connectivity index (χ4v) is 1.59. The smallest absolute Gasteiger partial charge is 0.327 e. The van der Waals surface area contributed by atoms with Crippen LogP contribution in [-0.4, -0.2) is 11.8 Å². The lowest BCUT2D eigenvalue weighted by Gasteiger charge is -2.10. The molecule has 0 fully saturated rings. The van der Waals surface area contributed by atoms with Gasteiger partial charge in [-0.25, -0.2) is 0 Å². The number of hydrogen-bond donors (Lipinski definition) is 0. The molecule has 13 heavy (non-hydrogen) atoms. The van der Waals surface area contributed by atoms with Crippen molar-refractivity contribution in [1.29, 1.82) is 0 Å². The first-order chi connectivity index (χ1) is 6.26. The molecular weight excluding hydrogens is 211 g/mol. The van der Waals surface area contributed by atoms with Crippen LogP contribution in [0.25, 0.3) is 0 Å². The highest BCUT2D eigenvalue weighted by Crippen LogP contribution is 2.17. The van der Waals surface area contributed by atoms with Crippen LogP contribution in [0.3, 0.4) is 0 Å². The summed E-state index contributed by atoms with van der Waals surface area (Å²) in [5.74, 6) is 0.290. The van der Waals surface area contributed by atoms with Gasteiger partial charge in [-0.3, -0.25) is 4.79 Å². The quantitative estimate of drug-likeness (QED) is 0.491. The van der Waals surface area contributed by atoms with Gasteiger partial charge in [0.1, 0.15) is 11.9 Å². The Labute approximate surface area is 89.7 Å². The zero-order chi connectivity index (χ0) is 10.1. The van der Waals surface area contributed by atoms with Crippen LogP contribution in [0.2, 0.25) is 0 Å². The van der Waals surface area contributed by atoms with E-state index in [1.807, 2.05) is 6.92 Å². The minimum absolute atomic E-state index is 0.0503. The van der Waals surface area contributed by atoms with Gasteiger partial charge in [0.05, 0.1) is 5.92 Å². The Kier molecular flexibility index (Phi) is 8.67. The maximum absolute atomic E-state index is 11.1. The van der Waals surface area contributed by atoms with Crippen molar-refractivity contribution < 1.29 is 9.08 Å². The van der Waals surface area contributed by atoms with E-state index in [1.165, 1.54) is 0 Å². The molecule has 78 valence electrons. The van der Waals surface area contributed by atoms with Gasteiger partial charge in [-0.05, 0) is 19.3 Å². The maximum Gasteiger partial charge on any atom is 0.327 e. The summed E-state index contributed by atoms with van der Waals surface area (Å²) in [4.78, 5) is 11.1. The van der Waals surface area contributed by atoms with Crippen molar-refractivity contribution in [3.8, 4) is 0 Å². The maximum atomic E-state index is 11.1. The molecule has 0 saturated carbocycles. The monoisotopic (exact) mass is 226 g/mol. The fourth-order valence-electron chi connectivity index (χ4n) is 1.28. The fraction of sp³-hybridized carbons (Fsp3) is 0.889. The second-order valence-corrected chi connectivity index (χ2v) is 3.60. The van der Waals surface area contributed by atoms with Crippen LogP contribution in [0, 0.1) is 5.92 Å². The Balaban J connectivity index is 3.73. The summed E-state index contributed by atoms with van der Waals surface area (Å²) in [6, 6.07) is 0. The van der Waals surface area contributed by atoms with Gasteiger partial charge in [0.2, 0.25) is 0 Å². The largest absolute Gasteiger partial charge is 0.347 e. The average molecular weight is 227 g/mol.